The first-order valence-electron chi connectivity index (χ1n) is 10.6. The summed E-state index contributed by atoms with van der Waals surface area (Å²) in [7, 11) is 0. The number of halogens is 1. The number of rotatable bonds is 5. The molecule has 7 heteroatoms. The van der Waals surface area contributed by atoms with Crippen LogP contribution in [0.1, 0.15) is 65.7 Å². The van der Waals surface area contributed by atoms with Crippen molar-refractivity contribution in [2.75, 3.05) is 26.3 Å². The van der Waals surface area contributed by atoms with Crippen molar-refractivity contribution in [2.24, 2.45) is 5.92 Å². The predicted octanol–water partition coefficient (Wildman–Crippen LogP) is 3.90. The fourth-order valence-corrected chi connectivity index (χ4v) is 4.15. The van der Waals surface area contributed by atoms with E-state index in [1.165, 1.54) is 6.07 Å². The number of carbonyl (C=O) groups is 1. The van der Waals surface area contributed by atoms with Gasteiger partial charge < -0.3 is 14.2 Å². The SMILES string of the molecule is Cc1ccc(C(=O)N2CCC(CCc3noc(C4CCOCC4)n3)CC2)cc1F. The standard InChI is InChI=1S/C22H28FN3O3/c1-15-2-4-18(14-19(15)23)22(27)26-10-6-16(7-11-26)3-5-20-24-21(29-25-20)17-8-12-28-13-9-17/h2,4,14,16-17H,3,5-13H2,1H3. The summed E-state index contributed by atoms with van der Waals surface area (Å²) in [6.45, 7) is 4.63. The molecular weight excluding hydrogens is 373 g/mol. The zero-order valence-electron chi connectivity index (χ0n) is 16.9. The molecule has 6 nitrogen and oxygen atoms in total. The summed E-state index contributed by atoms with van der Waals surface area (Å²) < 4.78 is 24.6. The van der Waals surface area contributed by atoms with E-state index in [9.17, 15) is 9.18 Å². The maximum absolute atomic E-state index is 13.8. The second kappa shape index (κ2) is 9.03. The Hall–Kier alpha value is -2.28. The van der Waals surface area contributed by atoms with Crippen molar-refractivity contribution in [1.82, 2.24) is 15.0 Å². The van der Waals surface area contributed by atoms with Gasteiger partial charge in [0.1, 0.15) is 5.82 Å². The number of amides is 1. The van der Waals surface area contributed by atoms with Gasteiger partial charge in [0.05, 0.1) is 0 Å². The molecule has 2 aliphatic rings. The highest BCUT2D eigenvalue weighted by molar-refractivity contribution is 5.94. The van der Waals surface area contributed by atoms with Crippen molar-refractivity contribution in [3.63, 3.8) is 0 Å². The molecule has 0 N–H and O–H groups in total. The lowest BCUT2D eigenvalue weighted by molar-refractivity contribution is 0.0686. The molecule has 1 aromatic carbocycles. The number of carbonyl (C=O) groups excluding carboxylic acids is 1. The summed E-state index contributed by atoms with van der Waals surface area (Å²) in [5.41, 5.74) is 0.987. The second-order valence-electron chi connectivity index (χ2n) is 8.17. The Bertz CT molecular complexity index is 840. The van der Waals surface area contributed by atoms with Crippen molar-refractivity contribution < 1.29 is 18.4 Å². The largest absolute Gasteiger partial charge is 0.381 e. The van der Waals surface area contributed by atoms with E-state index in [0.29, 0.717) is 36.1 Å². The highest BCUT2D eigenvalue weighted by atomic mass is 19.1. The minimum Gasteiger partial charge on any atom is -0.381 e. The Morgan fingerprint density at radius 1 is 1.21 bits per heavy atom. The Morgan fingerprint density at radius 3 is 2.69 bits per heavy atom. The summed E-state index contributed by atoms with van der Waals surface area (Å²) in [6, 6.07) is 4.71. The van der Waals surface area contributed by atoms with Crippen LogP contribution in [0.15, 0.2) is 22.7 Å². The quantitative estimate of drug-likeness (QED) is 0.760. The molecule has 0 aliphatic carbocycles. The molecule has 2 aliphatic heterocycles. The topological polar surface area (TPSA) is 68.5 Å². The molecule has 4 rings (SSSR count). The van der Waals surface area contributed by atoms with E-state index in [4.69, 9.17) is 9.26 Å². The van der Waals surface area contributed by atoms with Crippen LogP contribution >= 0.6 is 0 Å². The van der Waals surface area contributed by atoms with Gasteiger partial charge in [-0.1, -0.05) is 11.2 Å². The minimum absolute atomic E-state index is 0.0818. The molecule has 1 amide bonds. The molecule has 2 aromatic rings. The first kappa shape index (κ1) is 20.0. The number of likely N-dealkylation sites (tertiary alicyclic amines) is 1. The van der Waals surface area contributed by atoms with Gasteiger partial charge in [-0.15, -0.1) is 0 Å². The van der Waals surface area contributed by atoms with Crippen molar-refractivity contribution in [1.29, 1.82) is 0 Å². The lowest BCUT2D eigenvalue weighted by Gasteiger charge is -2.32. The predicted molar refractivity (Wildman–Crippen MR) is 105 cm³/mol. The zero-order chi connectivity index (χ0) is 20.2. The van der Waals surface area contributed by atoms with E-state index in [2.05, 4.69) is 10.1 Å². The minimum atomic E-state index is -0.328. The van der Waals surface area contributed by atoms with E-state index in [-0.39, 0.29) is 11.7 Å². The van der Waals surface area contributed by atoms with Crippen LogP contribution in [0.2, 0.25) is 0 Å². The van der Waals surface area contributed by atoms with Gasteiger partial charge in [0.25, 0.3) is 5.91 Å². The van der Waals surface area contributed by atoms with Crippen LogP contribution in [0.3, 0.4) is 0 Å². The number of nitrogens with zero attached hydrogens (tertiary/aromatic N) is 3. The third kappa shape index (κ3) is 4.83. The highest BCUT2D eigenvalue weighted by Crippen LogP contribution is 2.27. The maximum atomic E-state index is 13.8. The van der Waals surface area contributed by atoms with E-state index in [0.717, 1.165) is 63.5 Å². The van der Waals surface area contributed by atoms with E-state index in [1.807, 2.05) is 4.90 Å². The highest BCUT2D eigenvalue weighted by Gasteiger charge is 2.25. The van der Waals surface area contributed by atoms with Crippen LogP contribution in [0, 0.1) is 18.7 Å². The first-order valence-corrected chi connectivity index (χ1v) is 10.6. The number of hydrogen-bond acceptors (Lipinski definition) is 5. The van der Waals surface area contributed by atoms with Crippen LogP contribution in [-0.2, 0) is 11.2 Å². The molecule has 0 radical (unpaired) electrons. The lowest BCUT2D eigenvalue weighted by Crippen LogP contribution is -2.38. The van der Waals surface area contributed by atoms with Crippen LogP contribution in [0.4, 0.5) is 4.39 Å². The summed E-state index contributed by atoms with van der Waals surface area (Å²) in [6.07, 6.45) is 5.58. The molecule has 156 valence electrons. The smallest absolute Gasteiger partial charge is 0.253 e. The molecule has 0 spiro atoms. The second-order valence-corrected chi connectivity index (χ2v) is 8.17. The van der Waals surface area contributed by atoms with Gasteiger partial charge in [0.2, 0.25) is 5.89 Å². The third-order valence-corrected chi connectivity index (χ3v) is 6.15. The molecule has 0 atom stereocenters. The molecule has 0 bridgehead atoms. The van der Waals surface area contributed by atoms with Crippen LogP contribution in [0.5, 0.6) is 0 Å². The molecule has 2 fully saturated rings. The van der Waals surface area contributed by atoms with Crippen molar-refractivity contribution >= 4 is 5.91 Å². The number of piperidine rings is 1. The van der Waals surface area contributed by atoms with Crippen LogP contribution in [-0.4, -0.2) is 47.3 Å². The van der Waals surface area contributed by atoms with E-state index in [1.54, 1.807) is 19.1 Å². The fourth-order valence-electron chi connectivity index (χ4n) is 4.15. The van der Waals surface area contributed by atoms with E-state index >= 15 is 0 Å². The third-order valence-electron chi connectivity index (χ3n) is 6.15. The van der Waals surface area contributed by atoms with Gasteiger partial charge in [-0.25, -0.2) is 4.39 Å². The molecule has 0 saturated carbocycles. The molecule has 3 heterocycles. The number of aryl methyl sites for hydroxylation is 2. The van der Waals surface area contributed by atoms with Gasteiger partial charge >= 0.3 is 0 Å². The van der Waals surface area contributed by atoms with Crippen LogP contribution < -0.4 is 0 Å². The number of aromatic nitrogens is 2. The lowest BCUT2D eigenvalue weighted by atomic mass is 9.91. The average molecular weight is 401 g/mol. The normalized spacial score (nSPS) is 18.9. The summed E-state index contributed by atoms with van der Waals surface area (Å²) >= 11 is 0. The molecule has 0 unspecified atom stereocenters. The van der Waals surface area contributed by atoms with Crippen LogP contribution in [0.25, 0.3) is 0 Å². The zero-order valence-corrected chi connectivity index (χ0v) is 16.9. The summed E-state index contributed by atoms with van der Waals surface area (Å²) in [5, 5.41) is 4.15. The summed E-state index contributed by atoms with van der Waals surface area (Å²) in [4.78, 5) is 19.0. The van der Waals surface area contributed by atoms with Gasteiger partial charge in [-0.2, -0.15) is 4.98 Å². The van der Waals surface area contributed by atoms with Gasteiger partial charge in [-0.05, 0) is 62.6 Å². The molecule has 29 heavy (non-hydrogen) atoms. The van der Waals surface area contributed by atoms with Crippen molar-refractivity contribution in [2.45, 2.75) is 51.4 Å². The number of benzene rings is 1. The van der Waals surface area contributed by atoms with Gasteiger partial charge in [0.15, 0.2) is 5.82 Å². The molecular formula is C22H28FN3O3. The maximum Gasteiger partial charge on any atom is 0.253 e. The van der Waals surface area contributed by atoms with Crippen molar-refractivity contribution in [3.8, 4) is 0 Å². The van der Waals surface area contributed by atoms with Gasteiger partial charge in [0, 0.05) is 44.2 Å². The molecule has 1 aromatic heterocycles. The number of ether oxygens (including phenoxy) is 1. The Kier molecular flexibility index (Phi) is 6.23. The van der Waals surface area contributed by atoms with Gasteiger partial charge in [-0.3, -0.25) is 4.79 Å². The average Bonchev–Trinajstić information content (AvgIpc) is 3.24. The van der Waals surface area contributed by atoms with Crippen molar-refractivity contribution in [3.05, 3.63) is 46.9 Å². The Morgan fingerprint density at radius 2 is 1.97 bits per heavy atom. The molecule has 2 saturated heterocycles. The monoisotopic (exact) mass is 401 g/mol. The first-order chi connectivity index (χ1) is 14.1. The van der Waals surface area contributed by atoms with E-state index < -0.39 is 0 Å². The number of hydrogen-bond donors (Lipinski definition) is 0. The Balaban J connectivity index is 1.24. The fraction of sp³-hybridized carbons (Fsp3) is 0.591. The summed E-state index contributed by atoms with van der Waals surface area (Å²) in [5.74, 6) is 1.98. The Labute approximate surface area is 170 Å².